The first kappa shape index (κ1) is 20.1. The number of methoxy groups -OCH3 is 1. The Kier molecular flexibility index (Phi) is 5.40. The Hall–Kier alpha value is -2.87. The van der Waals surface area contributed by atoms with Gasteiger partial charge in [-0.15, -0.1) is 5.10 Å². The van der Waals surface area contributed by atoms with Crippen molar-refractivity contribution >= 4 is 17.4 Å². The molecule has 0 unspecified atom stereocenters. The monoisotopic (exact) mass is 423 g/mol. The van der Waals surface area contributed by atoms with Gasteiger partial charge in [-0.3, -0.25) is 4.79 Å². The lowest BCUT2D eigenvalue weighted by Gasteiger charge is -2.38. The molecule has 1 aliphatic carbocycles. The van der Waals surface area contributed by atoms with Gasteiger partial charge in [0.25, 0.3) is 0 Å². The summed E-state index contributed by atoms with van der Waals surface area (Å²) in [5, 5.41) is 8.54. The van der Waals surface area contributed by atoms with E-state index in [2.05, 4.69) is 26.1 Å². The minimum atomic E-state index is -0.406. The molecule has 2 aliphatic heterocycles. The molecule has 5 rings (SSSR count). The van der Waals surface area contributed by atoms with E-state index < -0.39 is 5.41 Å². The van der Waals surface area contributed by atoms with E-state index in [4.69, 9.17) is 9.47 Å². The molecule has 2 aromatic rings. The van der Waals surface area contributed by atoms with Gasteiger partial charge in [-0.05, 0) is 18.9 Å². The third kappa shape index (κ3) is 3.80. The highest BCUT2D eigenvalue weighted by atomic mass is 16.5. The first-order chi connectivity index (χ1) is 15.2. The molecule has 8 nitrogen and oxygen atoms in total. The standard InChI is InChI=1S/C23H29N5O3/c1-30-20-5-3-2-4-19(20)23(6-7-23)22(29)28-10-8-26(9-11-28)18-16-21(25-24-17-18)27-12-14-31-15-13-27/h2-5,16-17H,6-15H2,1H3. The number of benzene rings is 1. The molecule has 1 amide bonds. The molecule has 0 N–H and O–H groups in total. The first-order valence-electron chi connectivity index (χ1n) is 11.0. The first-order valence-corrected chi connectivity index (χ1v) is 11.0. The van der Waals surface area contributed by atoms with Gasteiger partial charge in [-0.2, -0.15) is 5.10 Å². The molecule has 31 heavy (non-hydrogen) atoms. The summed E-state index contributed by atoms with van der Waals surface area (Å²) in [7, 11) is 1.67. The predicted molar refractivity (Wildman–Crippen MR) is 118 cm³/mol. The number of rotatable bonds is 5. The van der Waals surface area contributed by atoms with E-state index in [0.29, 0.717) is 13.1 Å². The second kappa shape index (κ2) is 8.34. The lowest BCUT2D eigenvalue weighted by Crippen LogP contribution is -2.51. The molecule has 8 heteroatoms. The van der Waals surface area contributed by atoms with Crippen LogP contribution in [0.1, 0.15) is 18.4 Å². The van der Waals surface area contributed by atoms with Crippen LogP contribution in [0.15, 0.2) is 36.5 Å². The van der Waals surface area contributed by atoms with Crippen LogP contribution in [0.25, 0.3) is 0 Å². The molecule has 164 valence electrons. The molecule has 1 aromatic carbocycles. The highest BCUT2D eigenvalue weighted by molar-refractivity contribution is 5.92. The number of hydrogen-bond donors (Lipinski definition) is 0. The zero-order valence-electron chi connectivity index (χ0n) is 18.0. The number of anilines is 2. The van der Waals surface area contributed by atoms with Crippen molar-refractivity contribution in [1.82, 2.24) is 15.1 Å². The van der Waals surface area contributed by atoms with Gasteiger partial charge in [0.2, 0.25) is 5.91 Å². The van der Waals surface area contributed by atoms with Gasteiger partial charge in [0.15, 0.2) is 5.82 Å². The second-order valence-electron chi connectivity index (χ2n) is 8.43. The Morgan fingerprint density at radius 1 is 1.03 bits per heavy atom. The van der Waals surface area contributed by atoms with E-state index >= 15 is 0 Å². The average Bonchev–Trinajstić information content (AvgIpc) is 3.66. The van der Waals surface area contributed by atoms with Gasteiger partial charge in [-0.25, -0.2) is 0 Å². The minimum Gasteiger partial charge on any atom is -0.496 e. The molecular weight excluding hydrogens is 394 g/mol. The molecule has 2 saturated heterocycles. The van der Waals surface area contributed by atoms with Crippen molar-refractivity contribution in [2.24, 2.45) is 0 Å². The average molecular weight is 424 g/mol. The molecular formula is C23H29N5O3. The number of nitrogens with zero attached hydrogens (tertiary/aromatic N) is 5. The Labute approximate surface area is 182 Å². The second-order valence-corrected chi connectivity index (χ2v) is 8.43. The number of ether oxygens (including phenoxy) is 2. The molecule has 1 aromatic heterocycles. The summed E-state index contributed by atoms with van der Waals surface area (Å²) >= 11 is 0. The van der Waals surface area contributed by atoms with E-state index in [0.717, 1.165) is 75.1 Å². The summed E-state index contributed by atoms with van der Waals surface area (Å²) in [6, 6.07) is 10.0. The molecule has 0 bridgehead atoms. The molecule has 3 aliphatic rings. The molecule has 0 atom stereocenters. The van der Waals surface area contributed by atoms with E-state index in [1.165, 1.54) is 0 Å². The number of aromatic nitrogens is 2. The third-order valence-corrected chi connectivity index (χ3v) is 6.68. The van der Waals surface area contributed by atoms with Crippen molar-refractivity contribution in [3.8, 4) is 5.75 Å². The van der Waals surface area contributed by atoms with Gasteiger partial charge < -0.3 is 24.2 Å². The number of piperazine rings is 1. The summed E-state index contributed by atoms with van der Waals surface area (Å²) in [5.74, 6) is 1.94. The molecule has 0 radical (unpaired) electrons. The summed E-state index contributed by atoms with van der Waals surface area (Å²) in [5.41, 5.74) is 1.68. The van der Waals surface area contributed by atoms with Gasteiger partial charge >= 0.3 is 0 Å². The maximum absolute atomic E-state index is 13.5. The van der Waals surface area contributed by atoms with Gasteiger partial charge in [-0.1, -0.05) is 18.2 Å². The normalized spacial score (nSPS) is 20.5. The van der Waals surface area contributed by atoms with Crippen LogP contribution in [0.2, 0.25) is 0 Å². The van der Waals surface area contributed by atoms with Crippen molar-refractivity contribution in [2.45, 2.75) is 18.3 Å². The third-order valence-electron chi connectivity index (χ3n) is 6.68. The van der Waals surface area contributed by atoms with Crippen LogP contribution in [0.4, 0.5) is 11.5 Å². The van der Waals surface area contributed by atoms with E-state index in [9.17, 15) is 4.79 Å². The number of para-hydroxylation sites is 1. The van der Waals surface area contributed by atoms with Crippen LogP contribution in [0.3, 0.4) is 0 Å². The Morgan fingerprint density at radius 3 is 2.48 bits per heavy atom. The zero-order chi connectivity index (χ0) is 21.3. The molecule has 1 saturated carbocycles. The summed E-state index contributed by atoms with van der Waals surface area (Å²) in [4.78, 5) is 20.0. The van der Waals surface area contributed by atoms with Crippen molar-refractivity contribution in [3.05, 3.63) is 42.1 Å². The Morgan fingerprint density at radius 2 is 1.77 bits per heavy atom. The summed E-state index contributed by atoms with van der Waals surface area (Å²) < 4.78 is 11.0. The van der Waals surface area contributed by atoms with Gasteiger partial charge in [0.1, 0.15) is 5.75 Å². The van der Waals surface area contributed by atoms with Crippen molar-refractivity contribution in [2.75, 3.05) is 69.4 Å². The lowest BCUT2D eigenvalue weighted by molar-refractivity contribution is -0.134. The highest BCUT2D eigenvalue weighted by Gasteiger charge is 2.54. The number of morpholine rings is 1. The SMILES string of the molecule is COc1ccccc1C1(C(=O)N2CCN(c3cnnc(N4CCOCC4)c3)CC2)CC1. The van der Waals surface area contributed by atoms with E-state index in [1.54, 1.807) is 7.11 Å². The number of hydrogen-bond acceptors (Lipinski definition) is 7. The maximum atomic E-state index is 13.5. The van der Waals surface area contributed by atoms with Gasteiger partial charge in [0, 0.05) is 50.9 Å². The van der Waals surface area contributed by atoms with E-state index in [1.807, 2.05) is 35.4 Å². The van der Waals surface area contributed by atoms with Crippen LogP contribution < -0.4 is 14.5 Å². The number of carbonyl (C=O) groups is 1. The van der Waals surface area contributed by atoms with Crippen LogP contribution in [0, 0.1) is 0 Å². The van der Waals surface area contributed by atoms with Crippen molar-refractivity contribution in [3.63, 3.8) is 0 Å². The highest BCUT2D eigenvalue weighted by Crippen LogP contribution is 2.52. The van der Waals surface area contributed by atoms with E-state index in [-0.39, 0.29) is 5.91 Å². The van der Waals surface area contributed by atoms with Crippen LogP contribution in [-0.4, -0.2) is 80.6 Å². The molecule has 3 fully saturated rings. The largest absolute Gasteiger partial charge is 0.496 e. The van der Waals surface area contributed by atoms with Crippen LogP contribution >= 0.6 is 0 Å². The fraction of sp³-hybridized carbons (Fsp3) is 0.522. The smallest absolute Gasteiger partial charge is 0.233 e. The number of carbonyl (C=O) groups excluding carboxylic acids is 1. The van der Waals surface area contributed by atoms with Gasteiger partial charge in [0.05, 0.1) is 37.6 Å². The minimum absolute atomic E-state index is 0.235. The predicted octanol–water partition coefficient (Wildman–Crippen LogP) is 1.70. The summed E-state index contributed by atoms with van der Waals surface area (Å²) in [6.45, 7) is 6.14. The number of amides is 1. The fourth-order valence-electron chi connectivity index (χ4n) is 4.70. The summed E-state index contributed by atoms with van der Waals surface area (Å²) in [6.07, 6.45) is 3.60. The molecule has 3 heterocycles. The fourth-order valence-corrected chi connectivity index (χ4v) is 4.70. The van der Waals surface area contributed by atoms with Crippen molar-refractivity contribution in [1.29, 1.82) is 0 Å². The Bertz CT molecular complexity index is 934. The topological polar surface area (TPSA) is 71.0 Å². The van der Waals surface area contributed by atoms with Crippen LogP contribution in [-0.2, 0) is 14.9 Å². The Balaban J connectivity index is 1.25. The van der Waals surface area contributed by atoms with Crippen molar-refractivity contribution < 1.29 is 14.3 Å². The molecule has 0 spiro atoms. The maximum Gasteiger partial charge on any atom is 0.233 e. The lowest BCUT2D eigenvalue weighted by atomic mass is 9.93. The zero-order valence-corrected chi connectivity index (χ0v) is 18.0. The quantitative estimate of drug-likeness (QED) is 0.725. The van der Waals surface area contributed by atoms with Crippen LogP contribution in [0.5, 0.6) is 5.75 Å².